The van der Waals surface area contributed by atoms with Gasteiger partial charge in [0, 0.05) is 10.3 Å². The predicted octanol–water partition coefficient (Wildman–Crippen LogP) is 4.37. The maximum absolute atomic E-state index is 5.57. The number of thiophene rings is 1. The fourth-order valence-electron chi connectivity index (χ4n) is 0.411. The van der Waals surface area contributed by atoms with Gasteiger partial charge in [-0.1, -0.05) is 32.4 Å². The molecule has 0 amide bonds. The van der Waals surface area contributed by atoms with Crippen molar-refractivity contribution in [3.8, 4) is 0 Å². The van der Waals surface area contributed by atoms with Crippen LogP contribution in [0.4, 0.5) is 0 Å². The molecule has 0 saturated heterocycles. The van der Waals surface area contributed by atoms with Gasteiger partial charge in [-0.3, -0.25) is 0 Å². The van der Waals surface area contributed by atoms with Crippen molar-refractivity contribution in [2.24, 2.45) is 5.92 Å². The van der Waals surface area contributed by atoms with Gasteiger partial charge >= 0.3 is 0 Å². The zero-order valence-electron chi connectivity index (χ0n) is 7.52. The van der Waals surface area contributed by atoms with Crippen LogP contribution in [0.2, 0.25) is 5.02 Å². The Kier molecular flexibility index (Phi) is 5.61. The van der Waals surface area contributed by atoms with Crippen LogP contribution in [0.25, 0.3) is 0 Å². The van der Waals surface area contributed by atoms with Gasteiger partial charge in [-0.25, -0.2) is 0 Å². The third-order valence-corrected chi connectivity index (χ3v) is 1.91. The summed E-state index contributed by atoms with van der Waals surface area (Å²) < 4.78 is 0. The highest BCUT2D eigenvalue weighted by Gasteiger charge is 1.86. The van der Waals surface area contributed by atoms with Gasteiger partial charge in [-0.05, 0) is 18.9 Å². The normalized spacial score (nSPS) is 9.27. The molecule has 0 aliphatic rings. The average Bonchev–Trinajstić information content (AvgIpc) is 2.13. The minimum absolute atomic E-state index is 0.833. The van der Waals surface area contributed by atoms with E-state index in [0.29, 0.717) is 0 Å². The molecule has 1 heterocycles. The molecule has 0 atom stereocenters. The number of halogens is 1. The van der Waals surface area contributed by atoms with Crippen molar-refractivity contribution in [3.63, 3.8) is 0 Å². The monoisotopic (exact) mass is 190 g/mol. The summed E-state index contributed by atoms with van der Waals surface area (Å²) in [6, 6.07) is 1.95. The van der Waals surface area contributed by atoms with Crippen molar-refractivity contribution in [3.05, 3.63) is 21.3 Å². The first-order chi connectivity index (χ1) is 5.02. The van der Waals surface area contributed by atoms with Gasteiger partial charge in [-0.15, -0.1) is 11.3 Å². The minimum Gasteiger partial charge on any atom is -0.148 e. The van der Waals surface area contributed by atoms with Crippen LogP contribution >= 0.6 is 22.9 Å². The number of aryl methyl sites for hydroxylation is 1. The van der Waals surface area contributed by atoms with Gasteiger partial charge in [0.25, 0.3) is 0 Å². The van der Waals surface area contributed by atoms with Crippen LogP contribution in [0, 0.1) is 12.8 Å². The molecule has 64 valence electrons. The highest BCUT2D eigenvalue weighted by Crippen LogP contribution is 2.16. The van der Waals surface area contributed by atoms with E-state index in [1.807, 2.05) is 18.4 Å². The van der Waals surface area contributed by atoms with Crippen LogP contribution in [0.5, 0.6) is 0 Å². The molecule has 0 N–H and O–H groups in total. The standard InChI is InChI=1S/C5H5ClS.C4H10/c1-4-2-5(6)3-7-4;1-4(2)3/h2-3H,1H3;4H,1-3H3. The molecule has 11 heavy (non-hydrogen) atoms. The second kappa shape index (κ2) is 5.62. The van der Waals surface area contributed by atoms with E-state index in [1.54, 1.807) is 11.3 Å². The zero-order chi connectivity index (χ0) is 8.85. The van der Waals surface area contributed by atoms with E-state index < -0.39 is 0 Å². The molecule has 0 unspecified atom stereocenters. The molecule has 1 rings (SSSR count). The smallest absolute Gasteiger partial charge is 0.0515 e. The summed E-state index contributed by atoms with van der Waals surface area (Å²) in [6.45, 7) is 8.54. The molecule has 0 radical (unpaired) electrons. The highest BCUT2D eigenvalue weighted by atomic mass is 35.5. The Hall–Kier alpha value is -0.0100. The van der Waals surface area contributed by atoms with Crippen LogP contribution in [-0.4, -0.2) is 0 Å². The Morgan fingerprint density at radius 1 is 1.36 bits per heavy atom. The van der Waals surface area contributed by atoms with E-state index in [2.05, 4.69) is 20.8 Å². The summed E-state index contributed by atoms with van der Waals surface area (Å²) in [4.78, 5) is 1.27. The van der Waals surface area contributed by atoms with Crippen LogP contribution < -0.4 is 0 Å². The second-order valence-electron chi connectivity index (χ2n) is 3.11. The van der Waals surface area contributed by atoms with Crippen LogP contribution in [0.15, 0.2) is 11.4 Å². The quantitative estimate of drug-likeness (QED) is 0.570. The molecule has 0 aliphatic heterocycles. The van der Waals surface area contributed by atoms with E-state index in [9.17, 15) is 0 Å². The Morgan fingerprint density at radius 3 is 1.91 bits per heavy atom. The summed E-state index contributed by atoms with van der Waals surface area (Å²) in [5.74, 6) is 0.833. The average molecular weight is 191 g/mol. The van der Waals surface area contributed by atoms with Crippen molar-refractivity contribution < 1.29 is 0 Å². The molecule has 2 heteroatoms. The molecule has 0 bridgehead atoms. The van der Waals surface area contributed by atoms with Crippen molar-refractivity contribution in [1.29, 1.82) is 0 Å². The van der Waals surface area contributed by atoms with Gasteiger partial charge in [0.05, 0.1) is 5.02 Å². The summed E-state index contributed by atoms with van der Waals surface area (Å²) >= 11 is 7.24. The van der Waals surface area contributed by atoms with Crippen LogP contribution in [-0.2, 0) is 0 Å². The van der Waals surface area contributed by atoms with Gasteiger partial charge in [0.15, 0.2) is 0 Å². The SMILES string of the molecule is CC(C)C.Cc1cc(Cl)cs1. The van der Waals surface area contributed by atoms with Crippen molar-refractivity contribution in [2.75, 3.05) is 0 Å². The molecule has 0 fully saturated rings. The van der Waals surface area contributed by atoms with E-state index in [1.165, 1.54) is 4.88 Å². The van der Waals surface area contributed by atoms with E-state index in [0.717, 1.165) is 10.9 Å². The number of rotatable bonds is 0. The molecule has 0 nitrogen and oxygen atoms in total. The summed E-state index contributed by atoms with van der Waals surface area (Å²) in [5.41, 5.74) is 0. The summed E-state index contributed by atoms with van der Waals surface area (Å²) in [6.07, 6.45) is 0. The van der Waals surface area contributed by atoms with Gasteiger partial charge in [-0.2, -0.15) is 0 Å². The lowest BCUT2D eigenvalue weighted by Crippen LogP contribution is -1.66. The first kappa shape index (κ1) is 11.0. The van der Waals surface area contributed by atoms with Gasteiger partial charge < -0.3 is 0 Å². The van der Waals surface area contributed by atoms with E-state index in [-0.39, 0.29) is 0 Å². The van der Waals surface area contributed by atoms with E-state index in [4.69, 9.17) is 11.6 Å². The molecule has 1 aromatic heterocycles. The van der Waals surface area contributed by atoms with Crippen LogP contribution in [0.1, 0.15) is 25.6 Å². The number of hydrogen-bond donors (Lipinski definition) is 0. The first-order valence-corrected chi connectivity index (χ1v) is 4.98. The molecule has 0 saturated carbocycles. The lowest BCUT2D eigenvalue weighted by atomic mass is 10.3. The molecule has 0 aromatic carbocycles. The summed E-state index contributed by atoms with van der Waals surface area (Å²) in [7, 11) is 0. The fraction of sp³-hybridized carbons (Fsp3) is 0.556. The predicted molar refractivity (Wildman–Crippen MR) is 54.6 cm³/mol. The molecule has 0 spiro atoms. The third kappa shape index (κ3) is 7.89. The van der Waals surface area contributed by atoms with Gasteiger partial charge in [0.2, 0.25) is 0 Å². The second-order valence-corrected chi connectivity index (χ2v) is 4.66. The highest BCUT2D eigenvalue weighted by molar-refractivity contribution is 7.10. The van der Waals surface area contributed by atoms with E-state index >= 15 is 0 Å². The fourth-order valence-corrected chi connectivity index (χ4v) is 1.33. The van der Waals surface area contributed by atoms with Crippen molar-refractivity contribution in [1.82, 2.24) is 0 Å². The Morgan fingerprint density at radius 2 is 1.82 bits per heavy atom. The zero-order valence-corrected chi connectivity index (χ0v) is 9.09. The lowest BCUT2D eigenvalue weighted by molar-refractivity contribution is 0.737. The van der Waals surface area contributed by atoms with Crippen molar-refractivity contribution >= 4 is 22.9 Å². The van der Waals surface area contributed by atoms with Gasteiger partial charge in [0.1, 0.15) is 0 Å². The Balaban J connectivity index is 0.000000218. The Labute approximate surface area is 78.2 Å². The maximum Gasteiger partial charge on any atom is 0.0515 e. The van der Waals surface area contributed by atoms with Crippen LogP contribution in [0.3, 0.4) is 0 Å². The van der Waals surface area contributed by atoms with Crippen molar-refractivity contribution in [2.45, 2.75) is 27.7 Å². The largest absolute Gasteiger partial charge is 0.148 e. The maximum atomic E-state index is 5.57. The Bertz CT molecular complexity index is 172. The minimum atomic E-state index is 0.833. The first-order valence-electron chi connectivity index (χ1n) is 3.73. The third-order valence-electron chi connectivity index (χ3n) is 0.699. The molecular weight excluding hydrogens is 176 g/mol. The lowest BCUT2D eigenvalue weighted by Gasteiger charge is -1.79. The molecular formula is C9H15ClS. The topological polar surface area (TPSA) is 0 Å². The molecule has 0 aliphatic carbocycles. The number of hydrogen-bond acceptors (Lipinski definition) is 1. The summed E-state index contributed by atoms with van der Waals surface area (Å²) in [5, 5.41) is 2.78. The molecule has 1 aromatic rings.